The van der Waals surface area contributed by atoms with Crippen molar-refractivity contribution in [1.82, 2.24) is 14.7 Å². The van der Waals surface area contributed by atoms with Crippen molar-refractivity contribution >= 4 is 27.7 Å². The van der Waals surface area contributed by atoms with Gasteiger partial charge in [-0.3, -0.25) is 4.79 Å². The molecule has 31 heavy (non-hydrogen) atoms. The molecule has 3 rings (SSSR count). The van der Waals surface area contributed by atoms with Gasteiger partial charge in [0.1, 0.15) is 12.4 Å². The lowest BCUT2D eigenvalue weighted by Crippen LogP contribution is -2.14. The molecule has 0 amide bonds. The minimum Gasteiger partial charge on any atom is -0.474 e. The Morgan fingerprint density at radius 1 is 1.16 bits per heavy atom. The number of benzene rings is 2. The second kappa shape index (κ2) is 10.9. The first-order valence-electron chi connectivity index (χ1n) is 9.58. The standard InChI is InChI=1S/C21H22FN3O5S/c1-29-10-11-30-19-13-23-17-8-7-15(12-18(17)25-19)21(26)16-6-2-4-14(20(16)22)5-3-9-24-31(27)28/h2,4,6-8,12-13,31H,3,5,9-11H2,1H3,(H,24,27,28). The van der Waals surface area contributed by atoms with Gasteiger partial charge in [0.2, 0.25) is 16.8 Å². The molecule has 0 unspecified atom stereocenters. The smallest absolute Gasteiger partial charge is 0.232 e. The number of carbonyl (C=O) groups excluding carboxylic acids is 1. The maximum absolute atomic E-state index is 14.9. The number of ether oxygens (including phenoxy) is 2. The highest BCUT2D eigenvalue weighted by molar-refractivity contribution is 7.70. The summed E-state index contributed by atoms with van der Waals surface area (Å²) in [5.41, 5.74) is 1.60. The van der Waals surface area contributed by atoms with Crippen molar-refractivity contribution < 1.29 is 27.1 Å². The van der Waals surface area contributed by atoms with Crippen LogP contribution in [-0.4, -0.2) is 51.0 Å². The second-order valence-electron chi connectivity index (χ2n) is 6.63. The van der Waals surface area contributed by atoms with E-state index in [1.165, 1.54) is 12.3 Å². The number of nitrogens with one attached hydrogen (secondary N) is 1. The van der Waals surface area contributed by atoms with Gasteiger partial charge in [0.05, 0.1) is 29.4 Å². The molecule has 2 aromatic carbocycles. The molecule has 0 spiro atoms. The molecule has 8 nitrogen and oxygen atoms in total. The number of methoxy groups -OCH3 is 1. The van der Waals surface area contributed by atoms with Gasteiger partial charge in [-0.25, -0.2) is 27.5 Å². The van der Waals surface area contributed by atoms with Crippen LogP contribution < -0.4 is 9.46 Å². The van der Waals surface area contributed by atoms with E-state index in [1.54, 1.807) is 37.4 Å². The minimum absolute atomic E-state index is 0.0554. The maximum Gasteiger partial charge on any atom is 0.232 e. The van der Waals surface area contributed by atoms with E-state index < -0.39 is 22.5 Å². The Kier molecular flexibility index (Phi) is 7.99. The van der Waals surface area contributed by atoms with Gasteiger partial charge < -0.3 is 9.47 Å². The molecule has 0 atom stereocenters. The molecule has 0 aliphatic heterocycles. The number of hydrogen-bond acceptors (Lipinski definition) is 7. The van der Waals surface area contributed by atoms with Crippen molar-refractivity contribution in [3.8, 4) is 5.88 Å². The van der Waals surface area contributed by atoms with Crippen LogP contribution in [0, 0.1) is 5.82 Å². The molecular weight excluding hydrogens is 425 g/mol. The Hall–Kier alpha value is -2.95. The van der Waals surface area contributed by atoms with Crippen LogP contribution in [0.3, 0.4) is 0 Å². The molecule has 1 aromatic heterocycles. The van der Waals surface area contributed by atoms with Gasteiger partial charge in [-0.05, 0) is 42.7 Å². The number of ketones is 1. The van der Waals surface area contributed by atoms with Gasteiger partial charge >= 0.3 is 0 Å². The summed E-state index contributed by atoms with van der Waals surface area (Å²) in [5, 5.41) is 0. The number of aromatic nitrogens is 2. The lowest BCUT2D eigenvalue weighted by Gasteiger charge is -2.09. The number of halogens is 1. The van der Waals surface area contributed by atoms with Crippen LogP contribution in [0.5, 0.6) is 5.88 Å². The number of fused-ring (bicyclic) bond motifs is 1. The van der Waals surface area contributed by atoms with E-state index in [0.717, 1.165) is 0 Å². The Morgan fingerprint density at radius 3 is 2.77 bits per heavy atom. The Balaban J connectivity index is 1.80. The van der Waals surface area contributed by atoms with E-state index in [1.807, 2.05) is 0 Å². The molecule has 0 fully saturated rings. The third-order valence-electron chi connectivity index (χ3n) is 4.51. The molecule has 10 heteroatoms. The van der Waals surface area contributed by atoms with Crippen LogP contribution in [0.15, 0.2) is 42.6 Å². The van der Waals surface area contributed by atoms with E-state index >= 15 is 0 Å². The average molecular weight is 447 g/mol. The summed E-state index contributed by atoms with van der Waals surface area (Å²) in [4.78, 5) is 21.6. The van der Waals surface area contributed by atoms with Gasteiger partial charge in [-0.1, -0.05) is 12.1 Å². The van der Waals surface area contributed by atoms with Crippen molar-refractivity contribution in [3.05, 3.63) is 65.1 Å². The first kappa shape index (κ1) is 22.7. The first-order valence-corrected chi connectivity index (χ1v) is 10.8. The van der Waals surface area contributed by atoms with Crippen LogP contribution in [0.4, 0.5) is 4.39 Å². The van der Waals surface area contributed by atoms with Gasteiger partial charge in [0, 0.05) is 19.2 Å². The van der Waals surface area contributed by atoms with Crippen molar-refractivity contribution in [2.45, 2.75) is 12.8 Å². The van der Waals surface area contributed by atoms with Crippen molar-refractivity contribution in [2.24, 2.45) is 0 Å². The molecule has 3 aromatic rings. The Labute approximate surface area is 180 Å². The molecule has 1 N–H and O–H groups in total. The summed E-state index contributed by atoms with van der Waals surface area (Å²) < 4.78 is 48.7. The number of rotatable bonds is 11. The molecule has 1 heterocycles. The van der Waals surface area contributed by atoms with Gasteiger partial charge in [-0.15, -0.1) is 0 Å². The number of carbonyl (C=O) groups is 1. The van der Waals surface area contributed by atoms with Crippen LogP contribution >= 0.6 is 0 Å². The summed E-state index contributed by atoms with van der Waals surface area (Å²) in [7, 11) is -1.12. The van der Waals surface area contributed by atoms with E-state index in [2.05, 4.69) is 14.7 Å². The average Bonchev–Trinajstić information content (AvgIpc) is 2.77. The highest BCUT2D eigenvalue weighted by Crippen LogP contribution is 2.21. The van der Waals surface area contributed by atoms with E-state index in [-0.39, 0.29) is 17.7 Å². The Bertz CT molecular complexity index is 1150. The predicted octanol–water partition coefficient (Wildman–Crippen LogP) is 2.07. The molecular formula is C21H22FN3O5S. The molecule has 0 aliphatic carbocycles. The van der Waals surface area contributed by atoms with E-state index in [9.17, 15) is 17.6 Å². The lowest BCUT2D eigenvalue weighted by molar-refractivity contribution is 0.103. The molecule has 0 bridgehead atoms. The molecule has 0 saturated heterocycles. The highest BCUT2D eigenvalue weighted by atomic mass is 32.2. The molecule has 0 aliphatic rings. The third kappa shape index (κ3) is 6.03. The molecule has 0 radical (unpaired) electrons. The molecule has 164 valence electrons. The van der Waals surface area contributed by atoms with Crippen molar-refractivity contribution in [3.63, 3.8) is 0 Å². The third-order valence-corrected chi connectivity index (χ3v) is 4.99. The summed E-state index contributed by atoms with van der Waals surface area (Å²) in [6.45, 7) is 0.918. The number of thiol groups is 1. The predicted molar refractivity (Wildman–Crippen MR) is 113 cm³/mol. The fourth-order valence-electron chi connectivity index (χ4n) is 2.99. The number of aryl methyl sites for hydroxylation is 1. The number of nitrogens with zero attached hydrogens (tertiary/aromatic N) is 2. The zero-order valence-electron chi connectivity index (χ0n) is 16.8. The zero-order chi connectivity index (χ0) is 22.2. The van der Waals surface area contributed by atoms with Crippen LogP contribution in [0.2, 0.25) is 0 Å². The highest BCUT2D eigenvalue weighted by Gasteiger charge is 2.17. The van der Waals surface area contributed by atoms with Crippen molar-refractivity contribution in [1.29, 1.82) is 0 Å². The van der Waals surface area contributed by atoms with E-state index in [0.29, 0.717) is 48.5 Å². The van der Waals surface area contributed by atoms with Gasteiger partial charge in [-0.2, -0.15) is 0 Å². The minimum atomic E-state index is -2.68. The fraction of sp³-hybridized carbons (Fsp3) is 0.286. The summed E-state index contributed by atoms with van der Waals surface area (Å²) in [6, 6.07) is 9.38. The van der Waals surface area contributed by atoms with Gasteiger partial charge in [0.15, 0.2) is 5.78 Å². The van der Waals surface area contributed by atoms with Crippen LogP contribution in [-0.2, 0) is 22.0 Å². The van der Waals surface area contributed by atoms with E-state index in [4.69, 9.17) is 9.47 Å². The van der Waals surface area contributed by atoms with Crippen molar-refractivity contribution in [2.75, 3.05) is 26.9 Å². The van der Waals surface area contributed by atoms with Gasteiger partial charge in [0.25, 0.3) is 0 Å². The topological polar surface area (TPSA) is 107 Å². The summed E-state index contributed by atoms with van der Waals surface area (Å²) >= 11 is 0. The summed E-state index contributed by atoms with van der Waals surface area (Å²) in [6.07, 6.45) is 2.20. The molecule has 0 saturated carbocycles. The summed E-state index contributed by atoms with van der Waals surface area (Å²) in [5.74, 6) is -0.785. The monoisotopic (exact) mass is 447 g/mol. The normalized spacial score (nSPS) is 11.2. The number of hydrogen-bond donors (Lipinski definition) is 2. The van der Waals surface area contributed by atoms with Crippen LogP contribution in [0.1, 0.15) is 27.9 Å². The SMILES string of the molecule is COCCOc1cnc2ccc(C(=O)c3cccc(CCCN[SH](=O)=O)c3F)cc2n1. The van der Waals surface area contributed by atoms with Crippen LogP contribution in [0.25, 0.3) is 11.0 Å². The first-order chi connectivity index (χ1) is 15.0. The Morgan fingerprint density at radius 2 is 2.00 bits per heavy atom. The second-order valence-corrected chi connectivity index (χ2v) is 7.46. The maximum atomic E-state index is 14.9. The largest absolute Gasteiger partial charge is 0.474 e. The lowest BCUT2D eigenvalue weighted by atomic mass is 9.98. The zero-order valence-corrected chi connectivity index (χ0v) is 17.7. The quantitative estimate of drug-likeness (QED) is 0.263. The fourth-order valence-corrected chi connectivity index (χ4v) is 3.33.